The highest BCUT2D eigenvalue weighted by molar-refractivity contribution is 5.89. The molecule has 10 nitrogen and oxygen atoms in total. The Morgan fingerprint density at radius 3 is 1.21 bits per heavy atom. The lowest BCUT2D eigenvalue weighted by atomic mass is 10.2. The van der Waals surface area contributed by atoms with Gasteiger partial charge in [0, 0.05) is 25.2 Å². The summed E-state index contributed by atoms with van der Waals surface area (Å²) in [5.41, 5.74) is 12.2. The van der Waals surface area contributed by atoms with E-state index in [-0.39, 0.29) is 23.0 Å². The number of aliphatic carboxylic acids is 2. The summed E-state index contributed by atoms with van der Waals surface area (Å²) in [5.74, 6) is -2.99. The van der Waals surface area contributed by atoms with Gasteiger partial charge in [-0.2, -0.15) is 0 Å². The molecule has 0 bridgehead atoms. The molecular formula is C18H22N2O8. The normalized spacial score (nSPS) is 9.64. The fourth-order valence-corrected chi connectivity index (χ4v) is 1.53. The molecule has 0 spiro atoms. The number of nitrogens with two attached hydrogens (primary N) is 2. The van der Waals surface area contributed by atoms with E-state index < -0.39 is 11.9 Å². The predicted octanol–water partition coefficient (Wildman–Crippen LogP) is 0.825. The van der Waals surface area contributed by atoms with Crippen molar-refractivity contribution in [2.75, 3.05) is 0 Å². The van der Waals surface area contributed by atoms with Crippen LogP contribution >= 0.6 is 0 Å². The molecule has 0 saturated carbocycles. The molecule has 0 unspecified atom stereocenters. The molecule has 0 fully saturated rings. The van der Waals surface area contributed by atoms with E-state index in [9.17, 15) is 9.59 Å². The number of carboxylic acid groups (broad SMARTS) is 2. The van der Waals surface area contributed by atoms with Crippen molar-refractivity contribution in [1.82, 2.24) is 0 Å². The average molecular weight is 394 g/mol. The van der Waals surface area contributed by atoms with Crippen LogP contribution in [0.5, 0.6) is 23.0 Å². The summed E-state index contributed by atoms with van der Waals surface area (Å²) in [6, 6.07) is 9.03. The molecule has 2 aromatic rings. The molecule has 0 aliphatic heterocycles. The Hall–Kier alpha value is -3.76. The zero-order valence-corrected chi connectivity index (χ0v) is 14.7. The first-order valence-corrected chi connectivity index (χ1v) is 7.66. The highest BCUT2D eigenvalue weighted by Crippen LogP contribution is 2.25. The summed E-state index contributed by atoms with van der Waals surface area (Å²) in [7, 11) is 0. The van der Waals surface area contributed by atoms with Crippen LogP contribution < -0.4 is 11.5 Å². The lowest BCUT2D eigenvalue weighted by Gasteiger charge is -1.98. The zero-order chi connectivity index (χ0) is 21.7. The summed E-state index contributed by atoms with van der Waals surface area (Å²) in [4.78, 5) is 19.1. The second kappa shape index (κ2) is 12.6. The van der Waals surface area contributed by atoms with Gasteiger partial charge in [-0.1, -0.05) is 12.1 Å². The number of benzene rings is 2. The molecule has 0 radical (unpaired) electrons. The van der Waals surface area contributed by atoms with Crippen LogP contribution in [0, 0.1) is 0 Å². The summed E-state index contributed by atoms with van der Waals surface area (Å²) < 4.78 is 0. The Morgan fingerprint density at radius 1 is 0.679 bits per heavy atom. The van der Waals surface area contributed by atoms with Crippen molar-refractivity contribution in [3.8, 4) is 23.0 Å². The number of carboxylic acids is 2. The van der Waals surface area contributed by atoms with Crippen molar-refractivity contribution in [2.24, 2.45) is 11.5 Å². The first-order valence-electron chi connectivity index (χ1n) is 7.66. The quantitative estimate of drug-likeness (QED) is 0.270. The number of aromatic hydroxyl groups is 4. The number of carbonyl (C=O) groups is 2. The van der Waals surface area contributed by atoms with E-state index in [4.69, 9.17) is 42.1 Å². The van der Waals surface area contributed by atoms with Crippen LogP contribution in [0.15, 0.2) is 48.6 Å². The molecular weight excluding hydrogens is 372 g/mol. The fraction of sp³-hybridized carbons (Fsp3) is 0.111. The van der Waals surface area contributed by atoms with Crippen molar-refractivity contribution < 1.29 is 40.2 Å². The van der Waals surface area contributed by atoms with Gasteiger partial charge in [0.2, 0.25) is 0 Å². The molecule has 2 rings (SSSR count). The summed E-state index contributed by atoms with van der Waals surface area (Å²) in [6.07, 6.45) is 1.12. The largest absolute Gasteiger partial charge is 0.504 e. The van der Waals surface area contributed by atoms with E-state index in [1.807, 2.05) is 0 Å². The van der Waals surface area contributed by atoms with Gasteiger partial charge in [0.25, 0.3) is 0 Å². The van der Waals surface area contributed by atoms with Crippen LogP contribution in [-0.2, 0) is 22.7 Å². The minimum Gasteiger partial charge on any atom is -0.504 e. The molecule has 10 N–H and O–H groups in total. The molecule has 0 heterocycles. The first-order chi connectivity index (χ1) is 13.1. The third-order valence-electron chi connectivity index (χ3n) is 2.92. The molecule has 2 aromatic carbocycles. The fourth-order valence-electron chi connectivity index (χ4n) is 1.53. The van der Waals surface area contributed by atoms with Crippen molar-refractivity contribution in [3.05, 3.63) is 59.7 Å². The lowest BCUT2D eigenvalue weighted by molar-refractivity contribution is -0.134. The maximum atomic E-state index is 9.55. The van der Waals surface area contributed by atoms with E-state index >= 15 is 0 Å². The number of hydrogen-bond acceptors (Lipinski definition) is 8. The Bertz CT molecular complexity index is 754. The SMILES string of the molecule is NCc1ccc(O)c(O)c1.NCc1ccc(O)c(O)c1.O=C(O)/C=C/C(=O)O. The standard InChI is InChI=1S/2C7H9NO2.C4H4O4/c2*8-4-5-1-2-6(9)7(10)3-5;5-3(6)1-2-4(7)8/h2*1-3,9-10H,4,8H2;1-2H,(H,5,6)(H,7,8)/b;;2-1+. The van der Waals surface area contributed by atoms with Crippen LogP contribution in [0.1, 0.15) is 11.1 Å². The van der Waals surface area contributed by atoms with Gasteiger partial charge < -0.3 is 42.1 Å². The zero-order valence-electron chi connectivity index (χ0n) is 14.7. The van der Waals surface area contributed by atoms with Gasteiger partial charge in [0.15, 0.2) is 23.0 Å². The second-order valence-corrected chi connectivity index (χ2v) is 5.06. The van der Waals surface area contributed by atoms with Crippen LogP contribution in [0.4, 0.5) is 0 Å². The first kappa shape index (κ1) is 24.2. The minimum atomic E-state index is -1.26. The van der Waals surface area contributed by atoms with E-state index in [0.29, 0.717) is 25.2 Å². The molecule has 0 aliphatic carbocycles. The lowest BCUT2D eigenvalue weighted by Crippen LogP contribution is -1.94. The van der Waals surface area contributed by atoms with Crippen molar-refractivity contribution in [3.63, 3.8) is 0 Å². The maximum Gasteiger partial charge on any atom is 0.328 e. The summed E-state index contributed by atoms with van der Waals surface area (Å²) in [5, 5.41) is 51.2. The van der Waals surface area contributed by atoms with Gasteiger partial charge in [-0.3, -0.25) is 0 Å². The molecule has 0 aliphatic rings. The topological polar surface area (TPSA) is 208 Å². The summed E-state index contributed by atoms with van der Waals surface area (Å²) >= 11 is 0. The van der Waals surface area contributed by atoms with Gasteiger partial charge in [0.1, 0.15) is 0 Å². The molecule has 0 aromatic heterocycles. The molecule has 0 saturated heterocycles. The van der Waals surface area contributed by atoms with Crippen molar-refractivity contribution in [2.45, 2.75) is 13.1 Å². The van der Waals surface area contributed by atoms with Crippen LogP contribution in [0.25, 0.3) is 0 Å². The van der Waals surface area contributed by atoms with Crippen molar-refractivity contribution in [1.29, 1.82) is 0 Å². The van der Waals surface area contributed by atoms with E-state index in [0.717, 1.165) is 11.1 Å². The van der Waals surface area contributed by atoms with E-state index in [2.05, 4.69) is 0 Å². The van der Waals surface area contributed by atoms with Crippen LogP contribution in [-0.4, -0.2) is 42.6 Å². The number of phenolic OH excluding ortho intramolecular Hbond substituents is 4. The molecule has 28 heavy (non-hydrogen) atoms. The number of hydrogen-bond donors (Lipinski definition) is 8. The molecule has 0 atom stereocenters. The van der Waals surface area contributed by atoms with Gasteiger partial charge >= 0.3 is 11.9 Å². The Labute approximate surface area is 160 Å². The van der Waals surface area contributed by atoms with Gasteiger partial charge in [-0.25, -0.2) is 9.59 Å². The maximum absolute atomic E-state index is 9.55. The van der Waals surface area contributed by atoms with E-state index in [1.54, 1.807) is 12.1 Å². The molecule has 10 heteroatoms. The Kier molecular flexibility index (Phi) is 10.9. The molecule has 152 valence electrons. The van der Waals surface area contributed by atoms with Gasteiger partial charge in [0.05, 0.1) is 0 Å². The molecule has 0 amide bonds. The number of phenols is 4. The Morgan fingerprint density at radius 2 is 1.00 bits per heavy atom. The minimum absolute atomic E-state index is 0.114. The van der Waals surface area contributed by atoms with Gasteiger partial charge in [-0.05, 0) is 35.4 Å². The summed E-state index contributed by atoms with van der Waals surface area (Å²) in [6.45, 7) is 0.738. The monoisotopic (exact) mass is 394 g/mol. The number of rotatable bonds is 4. The van der Waals surface area contributed by atoms with Crippen molar-refractivity contribution >= 4 is 11.9 Å². The third kappa shape index (κ3) is 10.3. The predicted molar refractivity (Wildman–Crippen MR) is 99.7 cm³/mol. The van der Waals surface area contributed by atoms with Crippen LogP contribution in [0.3, 0.4) is 0 Å². The van der Waals surface area contributed by atoms with Crippen LogP contribution in [0.2, 0.25) is 0 Å². The second-order valence-electron chi connectivity index (χ2n) is 5.06. The average Bonchev–Trinajstić information content (AvgIpc) is 2.65. The van der Waals surface area contributed by atoms with Gasteiger partial charge in [-0.15, -0.1) is 0 Å². The third-order valence-corrected chi connectivity index (χ3v) is 2.92. The highest BCUT2D eigenvalue weighted by atomic mass is 16.4. The Balaban J connectivity index is 0.000000394. The van der Waals surface area contributed by atoms with E-state index in [1.165, 1.54) is 24.3 Å². The smallest absolute Gasteiger partial charge is 0.328 e. The highest BCUT2D eigenvalue weighted by Gasteiger charge is 1.98.